The van der Waals surface area contributed by atoms with Crippen molar-refractivity contribution >= 4 is 0 Å². The maximum atomic E-state index is 2.67. The van der Waals surface area contributed by atoms with Gasteiger partial charge in [-0.2, -0.15) is 0 Å². The van der Waals surface area contributed by atoms with E-state index in [1.54, 1.807) is 0 Å². The van der Waals surface area contributed by atoms with E-state index in [0.717, 1.165) is 18.0 Å². The molecule has 0 aromatic heterocycles. The first-order chi connectivity index (χ1) is 5.65. The molecule has 72 valence electrons. The van der Waals surface area contributed by atoms with Crippen molar-refractivity contribution in [2.75, 3.05) is 6.54 Å². The van der Waals surface area contributed by atoms with Crippen LogP contribution in [0.3, 0.4) is 0 Å². The highest BCUT2D eigenvalue weighted by Crippen LogP contribution is 2.24. The molecule has 3 atom stereocenters. The lowest BCUT2D eigenvalue weighted by Gasteiger charge is -2.40. The Labute approximate surface area is 77.1 Å². The quantitative estimate of drug-likeness (QED) is 0.614. The molecule has 12 heavy (non-hydrogen) atoms. The third-order valence-electron chi connectivity index (χ3n) is 3.35. The molecule has 0 radical (unpaired) electrons. The summed E-state index contributed by atoms with van der Waals surface area (Å²) in [5.74, 6) is 0.945. The normalized spacial score (nSPS) is 35.0. The third-order valence-corrected chi connectivity index (χ3v) is 3.35. The van der Waals surface area contributed by atoms with E-state index in [4.69, 9.17) is 0 Å². The zero-order valence-corrected chi connectivity index (χ0v) is 9.01. The van der Waals surface area contributed by atoms with Crippen LogP contribution in [0.5, 0.6) is 0 Å². The third kappa shape index (κ3) is 2.22. The molecule has 3 unspecified atom stereocenters. The molecule has 1 heterocycles. The van der Waals surface area contributed by atoms with Gasteiger partial charge in [0.2, 0.25) is 0 Å². The molecule has 0 saturated carbocycles. The molecule has 0 aromatic carbocycles. The highest BCUT2D eigenvalue weighted by molar-refractivity contribution is 4.79. The molecular weight excluding hydrogens is 146 g/mol. The van der Waals surface area contributed by atoms with Crippen molar-refractivity contribution in [2.45, 2.75) is 59.0 Å². The van der Waals surface area contributed by atoms with Gasteiger partial charge >= 0.3 is 0 Å². The molecule has 1 nitrogen and oxygen atoms in total. The predicted molar refractivity (Wildman–Crippen MR) is 54.3 cm³/mol. The van der Waals surface area contributed by atoms with Crippen molar-refractivity contribution in [3.63, 3.8) is 0 Å². The first-order valence-electron chi connectivity index (χ1n) is 5.40. The summed E-state index contributed by atoms with van der Waals surface area (Å²) < 4.78 is 0. The van der Waals surface area contributed by atoms with E-state index < -0.39 is 0 Å². The summed E-state index contributed by atoms with van der Waals surface area (Å²) in [6.07, 6.45) is 4.08. The van der Waals surface area contributed by atoms with Crippen molar-refractivity contribution in [1.29, 1.82) is 0 Å². The summed E-state index contributed by atoms with van der Waals surface area (Å²) in [6.45, 7) is 10.7. The monoisotopic (exact) mass is 169 g/mol. The molecule has 0 N–H and O–H groups in total. The van der Waals surface area contributed by atoms with E-state index in [1.165, 1.54) is 25.8 Å². The van der Waals surface area contributed by atoms with Crippen LogP contribution < -0.4 is 0 Å². The predicted octanol–water partition coefficient (Wildman–Crippen LogP) is 2.91. The Morgan fingerprint density at radius 3 is 2.58 bits per heavy atom. The molecule has 0 amide bonds. The molecule has 0 aromatic rings. The van der Waals surface area contributed by atoms with Gasteiger partial charge < -0.3 is 0 Å². The second kappa shape index (κ2) is 4.27. The molecule has 0 spiro atoms. The van der Waals surface area contributed by atoms with Crippen LogP contribution in [0.15, 0.2) is 0 Å². The first-order valence-corrected chi connectivity index (χ1v) is 5.40. The summed E-state index contributed by atoms with van der Waals surface area (Å²) in [7, 11) is 0. The molecule has 1 aliphatic heterocycles. The lowest BCUT2D eigenvalue weighted by Crippen LogP contribution is -2.45. The number of hydrogen-bond donors (Lipinski definition) is 0. The lowest BCUT2D eigenvalue weighted by molar-refractivity contribution is 0.0877. The fraction of sp³-hybridized carbons (Fsp3) is 1.00. The van der Waals surface area contributed by atoms with Gasteiger partial charge in [-0.15, -0.1) is 0 Å². The Balaban J connectivity index is 2.44. The molecule has 0 aliphatic carbocycles. The van der Waals surface area contributed by atoms with E-state index in [-0.39, 0.29) is 0 Å². The molecular formula is C11H23N. The van der Waals surface area contributed by atoms with Crippen LogP contribution >= 0.6 is 0 Å². The molecule has 1 heteroatoms. The van der Waals surface area contributed by atoms with Crippen LogP contribution in [-0.4, -0.2) is 23.5 Å². The highest BCUT2D eigenvalue weighted by atomic mass is 15.2. The van der Waals surface area contributed by atoms with Crippen LogP contribution in [0.2, 0.25) is 0 Å². The standard InChI is InChI=1S/C11H23N/c1-5-10(3)12-7-6-9(2)8-11(12)4/h9-11H,5-8H2,1-4H3. The Kier molecular flexibility index (Phi) is 3.57. The van der Waals surface area contributed by atoms with Crippen molar-refractivity contribution in [1.82, 2.24) is 4.90 Å². The van der Waals surface area contributed by atoms with Crippen LogP contribution in [0.1, 0.15) is 47.0 Å². The summed E-state index contributed by atoms with van der Waals surface area (Å²) in [5, 5.41) is 0. The van der Waals surface area contributed by atoms with Crippen LogP contribution in [-0.2, 0) is 0 Å². The maximum absolute atomic E-state index is 2.67. The van der Waals surface area contributed by atoms with Crippen LogP contribution in [0.4, 0.5) is 0 Å². The number of hydrogen-bond acceptors (Lipinski definition) is 1. The Morgan fingerprint density at radius 1 is 1.42 bits per heavy atom. The second-order valence-corrected chi connectivity index (χ2v) is 4.47. The van der Waals surface area contributed by atoms with Gasteiger partial charge in [0.05, 0.1) is 0 Å². The van der Waals surface area contributed by atoms with Gasteiger partial charge in [0.1, 0.15) is 0 Å². The van der Waals surface area contributed by atoms with Crippen molar-refractivity contribution < 1.29 is 0 Å². The van der Waals surface area contributed by atoms with E-state index in [9.17, 15) is 0 Å². The van der Waals surface area contributed by atoms with Gasteiger partial charge in [0.25, 0.3) is 0 Å². The van der Waals surface area contributed by atoms with Gasteiger partial charge in [0, 0.05) is 12.1 Å². The minimum Gasteiger partial charge on any atom is -0.298 e. The van der Waals surface area contributed by atoms with E-state index in [1.807, 2.05) is 0 Å². The molecule has 0 bridgehead atoms. The zero-order chi connectivity index (χ0) is 9.14. The fourth-order valence-electron chi connectivity index (χ4n) is 2.31. The topological polar surface area (TPSA) is 3.24 Å². The highest BCUT2D eigenvalue weighted by Gasteiger charge is 2.25. The minimum absolute atomic E-state index is 0.785. The Hall–Kier alpha value is -0.0400. The molecule has 1 rings (SSSR count). The van der Waals surface area contributed by atoms with Gasteiger partial charge in [-0.1, -0.05) is 13.8 Å². The number of likely N-dealkylation sites (tertiary alicyclic amines) is 1. The summed E-state index contributed by atoms with van der Waals surface area (Å²) in [5.41, 5.74) is 0. The number of rotatable bonds is 2. The Bertz CT molecular complexity index is 133. The zero-order valence-electron chi connectivity index (χ0n) is 9.01. The van der Waals surface area contributed by atoms with Gasteiger partial charge in [-0.05, 0) is 45.6 Å². The average molecular weight is 169 g/mol. The summed E-state index contributed by atoms with van der Waals surface area (Å²) in [4.78, 5) is 2.67. The second-order valence-electron chi connectivity index (χ2n) is 4.47. The molecule has 1 aliphatic rings. The maximum Gasteiger partial charge on any atom is 0.00722 e. The van der Waals surface area contributed by atoms with Gasteiger partial charge in [-0.25, -0.2) is 0 Å². The van der Waals surface area contributed by atoms with Crippen molar-refractivity contribution in [3.05, 3.63) is 0 Å². The SMILES string of the molecule is CCC(C)N1CCC(C)CC1C. The van der Waals surface area contributed by atoms with Crippen LogP contribution in [0.25, 0.3) is 0 Å². The number of piperidine rings is 1. The number of nitrogens with zero attached hydrogens (tertiary/aromatic N) is 1. The first kappa shape index (κ1) is 10.0. The molecule has 1 fully saturated rings. The Morgan fingerprint density at radius 2 is 2.08 bits per heavy atom. The largest absolute Gasteiger partial charge is 0.298 e. The average Bonchev–Trinajstić information content (AvgIpc) is 2.03. The minimum atomic E-state index is 0.785. The van der Waals surface area contributed by atoms with E-state index >= 15 is 0 Å². The van der Waals surface area contributed by atoms with Crippen molar-refractivity contribution in [2.24, 2.45) is 5.92 Å². The van der Waals surface area contributed by atoms with E-state index in [0.29, 0.717) is 0 Å². The lowest BCUT2D eigenvalue weighted by atomic mass is 9.92. The molecule has 1 saturated heterocycles. The van der Waals surface area contributed by atoms with Crippen LogP contribution in [0, 0.1) is 5.92 Å². The van der Waals surface area contributed by atoms with Gasteiger partial charge in [0.15, 0.2) is 0 Å². The smallest absolute Gasteiger partial charge is 0.00722 e. The van der Waals surface area contributed by atoms with Gasteiger partial charge in [-0.3, -0.25) is 4.90 Å². The fourth-order valence-corrected chi connectivity index (χ4v) is 2.31. The summed E-state index contributed by atoms with van der Waals surface area (Å²) >= 11 is 0. The summed E-state index contributed by atoms with van der Waals surface area (Å²) in [6, 6.07) is 1.59. The van der Waals surface area contributed by atoms with E-state index in [2.05, 4.69) is 32.6 Å². The van der Waals surface area contributed by atoms with Crippen molar-refractivity contribution in [3.8, 4) is 0 Å².